The number of nitrogens with zero attached hydrogens (tertiary/aromatic N) is 1. The van der Waals surface area contributed by atoms with Crippen LogP contribution in [0.3, 0.4) is 0 Å². The van der Waals surface area contributed by atoms with Gasteiger partial charge in [-0.15, -0.1) is 11.3 Å². The van der Waals surface area contributed by atoms with E-state index in [2.05, 4.69) is 29.8 Å². The van der Waals surface area contributed by atoms with Crippen molar-refractivity contribution in [3.63, 3.8) is 0 Å². The highest BCUT2D eigenvalue weighted by molar-refractivity contribution is 7.10. The largest absolute Gasteiger partial charge is 0.350 e. The molecule has 1 rings (SSSR count). The van der Waals surface area contributed by atoms with Gasteiger partial charge >= 0.3 is 0 Å². The topological polar surface area (TPSA) is 52.9 Å². The summed E-state index contributed by atoms with van der Waals surface area (Å²) in [5, 5.41) is 14.5. The van der Waals surface area contributed by atoms with Gasteiger partial charge in [0, 0.05) is 4.88 Å². The number of aryl methyl sites for hydroxylation is 1. The van der Waals surface area contributed by atoms with Gasteiger partial charge < -0.3 is 5.32 Å². The Morgan fingerprint density at radius 1 is 1.35 bits per heavy atom. The molecule has 110 valence electrons. The number of hydrogen-bond donors (Lipinski definition) is 1. The van der Waals surface area contributed by atoms with Crippen molar-refractivity contribution in [3.8, 4) is 6.07 Å². The lowest BCUT2D eigenvalue weighted by Gasteiger charge is -2.24. The van der Waals surface area contributed by atoms with Gasteiger partial charge in [0.1, 0.15) is 5.41 Å². The summed E-state index contributed by atoms with van der Waals surface area (Å²) in [5.41, 5.74) is 0.427. The van der Waals surface area contributed by atoms with E-state index in [4.69, 9.17) is 0 Å². The predicted molar refractivity (Wildman–Crippen MR) is 83.4 cm³/mol. The number of hydrogen-bond acceptors (Lipinski definition) is 3. The van der Waals surface area contributed by atoms with Crippen molar-refractivity contribution in [2.75, 3.05) is 0 Å². The van der Waals surface area contributed by atoms with Gasteiger partial charge in [0.2, 0.25) is 5.91 Å². The molecule has 0 aromatic carbocycles. The minimum Gasteiger partial charge on any atom is -0.350 e. The Morgan fingerprint density at radius 2 is 2.00 bits per heavy atom. The van der Waals surface area contributed by atoms with E-state index in [1.807, 2.05) is 13.8 Å². The molecule has 0 saturated carbocycles. The monoisotopic (exact) mass is 292 g/mol. The Bertz CT molecular complexity index is 467. The molecule has 0 bridgehead atoms. The molecule has 0 atom stereocenters. The Balaban J connectivity index is 2.74. The zero-order valence-corrected chi connectivity index (χ0v) is 13.5. The summed E-state index contributed by atoms with van der Waals surface area (Å²) in [6.45, 7) is 6.69. The van der Waals surface area contributed by atoms with Crippen LogP contribution >= 0.6 is 11.3 Å². The predicted octanol–water partition coefficient (Wildman–Crippen LogP) is 4.04. The molecule has 0 aliphatic carbocycles. The molecule has 1 heterocycles. The molecule has 1 N–H and O–H groups in total. The molecule has 0 spiro atoms. The number of nitrogens with one attached hydrogen (secondary N) is 1. The van der Waals surface area contributed by atoms with Gasteiger partial charge in [-0.25, -0.2) is 0 Å². The van der Waals surface area contributed by atoms with E-state index in [1.54, 1.807) is 11.3 Å². The maximum Gasteiger partial charge on any atom is 0.240 e. The molecule has 0 fully saturated rings. The van der Waals surface area contributed by atoms with Crippen LogP contribution in [-0.2, 0) is 17.8 Å². The first-order valence-corrected chi connectivity index (χ1v) is 8.26. The average Bonchev–Trinajstić information content (AvgIpc) is 2.91. The van der Waals surface area contributed by atoms with Crippen molar-refractivity contribution < 1.29 is 4.79 Å². The van der Waals surface area contributed by atoms with Gasteiger partial charge in [-0.2, -0.15) is 5.26 Å². The maximum atomic E-state index is 12.4. The standard InChI is InChI=1S/C16H24N2OS/c1-4-8-16(12-17,9-5-2)15(19)18-11-14-13(6-3)7-10-20-14/h7,10H,4-6,8-9,11H2,1-3H3,(H,18,19). The van der Waals surface area contributed by atoms with Crippen LogP contribution in [0.25, 0.3) is 0 Å². The molecule has 1 aromatic heterocycles. The van der Waals surface area contributed by atoms with Crippen LogP contribution in [0.5, 0.6) is 0 Å². The van der Waals surface area contributed by atoms with E-state index in [0.717, 1.165) is 19.3 Å². The molecular weight excluding hydrogens is 268 g/mol. The second-order valence-electron chi connectivity index (χ2n) is 5.10. The second-order valence-corrected chi connectivity index (χ2v) is 6.10. The SMILES string of the molecule is CCCC(C#N)(CCC)C(=O)NCc1sccc1CC. The third kappa shape index (κ3) is 3.83. The number of rotatable bonds is 8. The molecule has 1 amide bonds. The van der Waals surface area contributed by atoms with Crippen molar-refractivity contribution in [2.45, 2.75) is 59.4 Å². The highest BCUT2D eigenvalue weighted by Crippen LogP contribution is 2.29. The van der Waals surface area contributed by atoms with Crippen LogP contribution in [0.2, 0.25) is 0 Å². The lowest BCUT2D eigenvalue weighted by Crippen LogP contribution is -2.39. The Kier molecular flexibility index (Phi) is 6.74. The third-order valence-corrected chi connectivity index (χ3v) is 4.59. The minimum atomic E-state index is -0.854. The van der Waals surface area contributed by atoms with E-state index in [0.29, 0.717) is 19.4 Å². The molecule has 0 radical (unpaired) electrons. The second kappa shape index (κ2) is 8.06. The average molecular weight is 292 g/mol. The summed E-state index contributed by atoms with van der Waals surface area (Å²) in [7, 11) is 0. The van der Waals surface area contributed by atoms with Crippen LogP contribution in [0.4, 0.5) is 0 Å². The number of thiophene rings is 1. The number of carbonyl (C=O) groups excluding carboxylic acids is 1. The summed E-state index contributed by atoms with van der Waals surface area (Å²) in [5.74, 6) is -0.112. The van der Waals surface area contributed by atoms with Crippen molar-refractivity contribution in [1.82, 2.24) is 5.32 Å². The normalized spacial score (nSPS) is 11.1. The number of nitriles is 1. The van der Waals surface area contributed by atoms with Gasteiger partial charge in [-0.1, -0.05) is 33.6 Å². The number of carbonyl (C=O) groups is 1. The van der Waals surface area contributed by atoms with Gasteiger partial charge in [-0.05, 0) is 36.3 Å². The maximum absolute atomic E-state index is 12.4. The van der Waals surface area contributed by atoms with E-state index in [1.165, 1.54) is 10.4 Å². The quantitative estimate of drug-likeness (QED) is 0.786. The van der Waals surface area contributed by atoms with Crippen LogP contribution < -0.4 is 5.32 Å². The first kappa shape index (κ1) is 16.7. The zero-order valence-electron chi connectivity index (χ0n) is 12.7. The third-order valence-electron chi connectivity index (χ3n) is 3.63. The van der Waals surface area contributed by atoms with Crippen LogP contribution in [-0.4, -0.2) is 5.91 Å². The molecular formula is C16H24N2OS. The Morgan fingerprint density at radius 3 is 2.50 bits per heavy atom. The lowest BCUT2D eigenvalue weighted by molar-refractivity contribution is -0.129. The summed E-state index contributed by atoms with van der Waals surface area (Å²) in [6, 6.07) is 4.37. The van der Waals surface area contributed by atoms with Crippen LogP contribution in [0.15, 0.2) is 11.4 Å². The van der Waals surface area contributed by atoms with E-state index < -0.39 is 5.41 Å². The van der Waals surface area contributed by atoms with Crippen LogP contribution in [0, 0.1) is 16.7 Å². The summed E-state index contributed by atoms with van der Waals surface area (Å²) in [4.78, 5) is 13.6. The fourth-order valence-electron chi connectivity index (χ4n) is 2.54. The van der Waals surface area contributed by atoms with Crippen molar-refractivity contribution >= 4 is 17.2 Å². The smallest absolute Gasteiger partial charge is 0.240 e. The Labute approximate surface area is 126 Å². The molecule has 1 aromatic rings. The fourth-order valence-corrected chi connectivity index (χ4v) is 3.45. The van der Waals surface area contributed by atoms with Crippen molar-refractivity contribution in [3.05, 3.63) is 21.9 Å². The molecule has 0 unspecified atom stereocenters. The fraction of sp³-hybridized carbons (Fsp3) is 0.625. The van der Waals surface area contributed by atoms with Gasteiger partial charge in [0.25, 0.3) is 0 Å². The van der Waals surface area contributed by atoms with E-state index >= 15 is 0 Å². The van der Waals surface area contributed by atoms with Crippen molar-refractivity contribution in [1.29, 1.82) is 5.26 Å². The van der Waals surface area contributed by atoms with Gasteiger partial charge in [0.05, 0.1) is 12.6 Å². The zero-order chi connectivity index (χ0) is 15.0. The lowest BCUT2D eigenvalue weighted by atomic mass is 9.80. The first-order valence-electron chi connectivity index (χ1n) is 7.38. The molecule has 3 nitrogen and oxygen atoms in total. The van der Waals surface area contributed by atoms with Gasteiger partial charge in [-0.3, -0.25) is 4.79 Å². The molecule has 20 heavy (non-hydrogen) atoms. The van der Waals surface area contributed by atoms with Crippen molar-refractivity contribution in [2.24, 2.45) is 5.41 Å². The Hall–Kier alpha value is -1.34. The minimum absolute atomic E-state index is 0.112. The summed E-state index contributed by atoms with van der Waals surface area (Å²) in [6.07, 6.45) is 3.94. The first-order chi connectivity index (χ1) is 9.63. The summed E-state index contributed by atoms with van der Waals surface area (Å²) < 4.78 is 0. The van der Waals surface area contributed by atoms with E-state index in [9.17, 15) is 10.1 Å². The summed E-state index contributed by atoms with van der Waals surface area (Å²) >= 11 is 1.66. The highest BCUT2D eigenvalue weighted by Gasteiger charge is 2.36. The molecule has 0 aliphatic heterocycles. The molecule has 4 heteroatoms. The van der Waals surface area contributed by atoms with Crippen LogP contribution in [0.1, 0.15) is 56.9 Å². The number of amides is 1. The molecule has 0 saturated heterocycles. The molecule has 0 aliphatic rings. The van der Waals surface area contributed by atoms with Gasteiger partial charge in [0.15, 0.2) is 0 Å². The van der Waals surface area contributed by atoms with E-state index in [-0.39, 0.29) is 5.91 Å². The highest BCUT2D eigenvalue weighted by atomic mass is 32.1.